The van der Waals surface area contributed by atoms with Crippen molar-refractivity contribution in [3.05, 3.63) is 22.4 Å². The molecule has 3 amide bonds. The number of nitrogens with one attached hydrogen (secondary N) is 3. The van der Waals surface area contributed by atoms with Gasteiger partial charge in [-0.2, -0.15) is 0 Å². The number of rotatable bonds is 8. The van der Waals surface area contributed by atoms with Crippen LogP contribution in [0.3, 0.4) is 0 Å². The SMILES string of the molecule is O=C(CC1CCCCC1)NCCNC(=O)NCCc1cccs1. The molecule has 3 N–H and O–H groups in total. The third kappa shape index (κ3) is 7.50. The van der Waals surface area contributed by atoms with Crippen LogP contribution in [0.15, 0.2) is 17.5 Å². The van der Waals surface area contributed by atoms with Gasteiger partial charge in [0.2, 0.25) is 5.91 Å². The summed E-state index contributed by atoms with van der Waals surface area (Å²) in [7, 11) is 0. The van der Waals surface area contributed by atoms with Crippen LogP contribution >= 0.6 is 11.3 Å². The van der Waals surface area contributed by atoms with E-state index < -0.39 is 0 Å². The summed E-state index contributed by atoms with van der Waals surface area (Å²) in [6.07, 6.45) is 7.66. The number of hydrogen-bond donors (Lipinski definition) is 3. The molecule has 1 heterocycles. The maximum Gasteiger partial charge on any atom is 0.314 e. The standard InChI is InChI=1S/C17H27N3O2S/c21-16(13-14-5-2-1-3-6-14)18-10-11-20-17(22)19-9-8-15-7-4-12-23-15/h4,7,12,14H,1-3,5-6,8-11,13H2,(H,18,21)(H2,19,20,22). The quantitative estimate of drug-likeness (QED) is 0.638. The average Bonchev–Trinajstić information content (AvgIpc) is 3.06. The van der Waals surface area contributed by atoms with Crippen LogP contribution in [0.4, 0.5) is 4.79 Å². The van der Waals surface area contributed by atoms with Crippen molar-refractivity contribution in [1.82, 2.24) is 16.0 Å². The van der Waals surface area contributed by atoms with Gasteiger partial charge in [0.05, 0.1) is 0 Å². The highest BCUT2D eigenvalue weighted by atomic mass is 32.1. The Morgan fingerprint density at radius 3 is 2.52 bits per heavy atom. The van der Waals surface area contributed by atoms with Crippen molar-refractivity contribution < 1.29 is 9.59 Å². The minimum Gasteiger partial charge on any atom is -0.354 e. The molecule has 2 rings (SSSR count). The fourth-order valence-corrected chi connectivity index (χ4v) is 3.63. The second kappa shape index (κ2) is 10.3. The minimum atomic E-state index is -0.178. The van der Waals surface area contributed by atoms with E-state index in [0.717, 1.165) is 6.42 Å². The van der Waals surface area contributed by atoms with Crippen LogP contribution in [0.1, 0.15) is 43.4 Å². The lowest BCUT2D eigenvalue weighted by molar-refractivity contribution is -0.122. The van der Waals surface area contributed by atoms with Crippen molar-refractivity contribution in [2.45, 2.75) is 44.9 Å². The van der Waals surface area contributed by atoms with Gasteiger partial charge >= 0.3 is 6.03 Å². The first-order chi connectivity index (χ1) is 11.2. The topological polar surface area (TPSA) is 70.2 Å². The van der Waals surface area contributed by atoms with E-state index in [1.165, 1.54) is 37.0 Å². The Morgan fingerprint density at radius 1 is 1.04 bits per heavy atom. The summed E-state index contributed by atoms with van der Waals surface area (Å²) >= 11 is 1.69. The molecule has 1 fully saturated rings. The van der Waals surface area contributed by atoms with Crippen molar-refractivity contribution in [3.63, 3.8) is 0 Å². The highest BCUT2D eigenvalue weighted by Crippen LogP contribution is 2.25. The Bertz CT molecular complexity index is 470. The molecule has 0 spiro atoms. The van der Waals surface area contributed by atoms with Crippen molar-refractivity contribution in [1.29, 1.82) is 0 Å². The molecule has 6 heteroatoms. The van der Waals surface area contributed by atoms with Crippen molar-refractivity contribution in [2.24, 2.45) is 5.92 Å². The highest BCUT2D eigenvalue weighted by Gasteiger charge is 2.16. The Labute approximate surface area is 142 Å². The number of carbonyl (C=O) groups is 2. The molecule has 5 nitrogen and oxygen atoms in total. The Balaban J connectivity index is 1.45. The Morgan fingerprint density at radius 2 is 1.78 bits per heavy atom. The molecule has 1 aromatic heterocycles. The molecule has 0 bridgehead atoms. The third-order valence-electron chi connectivity index (χ3n) is 4.17. The van der Waals surface area contributed by atoms with Crippen LogP contribution in [-0.2, 0) is 11.2 Å². The number of carbonyl (C=O) groups excluding carboxylic acids is 2. The van der Waals surface area contributed by atoms with E-state index in [-0.39, 0.29) is 11.9 Å². The zero-order valence-corrected chi connectivity index (χ0v) is 14.4. The molecule has 0 aliphatic heterocycles. The maximum absolute atomic E-state index is 11.8. The predicted octanol–water partition coefficient (Wildman–Crippen LogP) is 2.68. The van der Waals surface area contributed by atoms with Gasteiger partial charge in [-0.3, -0.25) is 4.79 Å². The lowest BCUT2D eigenvalue weighted by Gasteiger charge is -2.20. The second-order valence-electron chi connectivity index (χ2n) is 6.07. The first-order valence-corrected chi connectivity index (χ1v) is 9.43. The van der Waals surface area contributed by atoms with Gasteiger partial charge < -0.3 is 16.0 Å². The fraction of sp³-hybridized carbons (Fsp3) is 0.647. The molecule has 0 atom stereocenters. The van der Waals surface area contributed by atoms with E-state index in [1.54, 1.807) is 11.3 Å². The summed E-state index contributed by atoms with van der Waals surface area (Å²) in [5.74, 6) is 0.661. The van der Waals surface area contributed by atoms with Crippen molar-refractivity contribution in [3.8, 4) is 0 Å². The zero-order chi connectivity index (χ0) is 16.3. The van der Waals surface area contributed by atoms with Gasteiger partial charge in [-0.15, -0.1) is 11.3 Å². The molecule has 0 radical (unpaired) electrons. The van der Waals surface area contributed by atoms with Gasteiger partial charge in [0.1, 0.15) is 0 Å². The molecule has 128 valence electrons. The lowest BCUT2D eigenvalue weighted by atomic mass is 9.87. The monoisotopic (exact) mass is 337 g/mol. The van der Waals surface area contributed by atoms with Gasteiger partial charge in [-0.1, -0.05) is 25.3 Å². The van der Waals surface area contributed by atoms with E-state index in [1.807, 2.05) is 11.4 Å². The Hall–Kier alpha value is -1.56. The predicted molar refractivity (Wildman–Crippen MR) is 93.6 cm³/mol. The van der Waals surface area contributed by atoms with Crippen molar-refractivity contribution in [2.75, 3.05) is 19.6 Å². The van der Waals surface area contributed by atoms with Crippen LogP contribution in [0, 0.1) is 5.92 Å². The van der Waals surface area contributed by atoms with Gasteiger partial charge in [-0.05, 0) is 36.6 Å². The number of hydrogen-bond acceptors (Lipinski definition) is 3. The lowest BCUT2D eigenvalue weighted by Crippen LogP contribution is -2.41. The van der Waals surface area contributed by atoms with E-state index >= 15 is 0 Å². The minimum absolute atomic E-state index is 0.108. The summed E-state index contributed by atoms with van der Waals surface area (Å²) in [5.41, 5.74) is 0. The highest BCUT2D eigenvalue weighted by molar-refractivity contribution is 7.09. The summed E-state index contributed by atoms with van der Waals surface area (Å²) in [6.45, 7) is 1.57. The molecule has 23 heavy (non-hydrogen) atoms. The molecule has 0 saturated heterocycles. The first-order valence-electron chi connectivity index (χ1n) is 8.55. The number of thiophene rings is 1. The molecular weight excluding hydrogens is 310 g/mol. The van der Waals surface area contributed by atoms with Gasteiger partial charge in [-0.25, -0.2) is 4.79 Å². The van der Waals surface area contributed by atoms with Gasteiger partial charge in [0.15, 0.2) is 0 Å². The van der Waals surface area contributed by atoms with Crippen LogP contribution in [-0.4, -0.2) is 31.6 Å². The van der Waals surface area contributed by atoms with Crippen LogP contribution in [0.2, 0.25) is 0 Å². The van der Waals surface area contributed by atoms with Crippen LogP contribution < -0.4 is 16.0 Å². The summed E-state index contributed by atoms with van der Waals surface area (Å²) < 4.78 is 0. The molecule has 1 aromatic rings. The fourth-order valence-electron chi connectivity index (χ4n) is 2.92. The second-order valence-corrected chi connectivity index (χ2v) is 7.10. The molecule has 1 aliphatic rings. The maximum atomic E-state index is 11.8. The molecule has 1 aliphatic carbocycles. The van der Waals surface area contributed by atoms with E-state index in [2.05, 4.69) is 22.0 Å². The Kier molecular flexibility index (Phi) is 7.93. The molecule has 0 unspecified atom stereocenters. The average molecular weight is 337 g/mol. The van der Waals surface area contributed by atoms with E-state index in [9.17, 15) is 9.59 Å². The molecule has 0 aromatic carbocycles. The number of amides is 3. The first kappa shape index (κ1) is 17.8. The molecule has 1 saturated carbocycles. The summed E-state index contributed by atoms with van der Waals surface area (Å²) in [5, 5.41) is 10.5. The van der Waals surface area contributed by atoms with Crippen molar-refractivity contribution >= 4 is 23.3 Å². The van der Waals surface area contributed by atoms with Gasteiger partial charge in [0, 0.05) is 30.9 Å². The normalized spacial score (nSPS) is 15.1. The van der Waals surface area contributed by atoms with Crippen LogP contribution in [0.5, 0.6) is 0 Å². The zero-order valence-electron chi connectivity index (χ0n) is 13.6. The van der Waals surface area contributed by atoms with E-state index in [0.29, 0.717) is 32.0 Å². The van der Waals surface area contributed by atoms with Gasteiger partial charge in [0.25, 0.3) is 0 Å². The summed E-state index contributed by atoms with van der Waals surface area (Å²) in [6, 6.07) is 3.89. The summed E-state index contributed by atoms with van der Waals surface area (Å²) in [4.78, 5) is 24.7. The van der Waals surface area contributed by atoms with E-state index in [4.69, 9.17) is 0 Å². The number of urea groups is 1. The third-order valence-corrected chi connectivity index (χ3v) is 5.10. The largest absolute Gasteiger partial charge is 0.354 e. The smallest absolute Gasteiger partial charge is 0.314 e. The van der Waals surface area contributed by atoms with Crippen LogP contribution in [0.25, 0.3) is 0 Å². The molecular formula is C17H27N3O2S.